The highest BCUT2D eigenvalue weighted by molar-refractivity contribution is 6.01. The van der Waals surface area contributed by atoms with Gasteiger partial charge in [-0.1, -0.05) is 18.2 Å². The number of amides is 5. The average molecular weight is 540 g/mol. The first-order chi connectivity index (χ1) is 18.8. The molecule has 12 heteroatoms. The first-order valence-electron chi connectivity index (χ1n) is 13.0. The number of imide groups is 1. The van der Waals surface area contributed by atoms with Crippen LogP contribution in [0.1, 0.15) is 29.9 Å². The molecule has 0 spiro atoms. The van der Waals surface area contributed by atoms with Gasteiger partial charge in [-0.2, -0.15) is 0 Å². The molecule has 0 radical (unpaired) electrons. The highest BCUT2D eigenvalue weighted by Crippen LogP contribution is 2.33. The molecule has 2 aromatic rings. The second-order valence-corrected chi connectivity index (χ2v) is 10.3. The van der Waals surface area contributed by atoms with E-state index in [0.717, 1.165) is 29.8 Å². The van der Waals surface area contributed by atoms with Crippen molar-refractivity contribution in [2.24, 2.45) is 0 Å². The molecule has 0 aliphatic carbocycles. The number of likely N-dealkylation sites (tertiary alicyclic amines) is 1. The van der Waals surface area contributed by atoms with Gasteiger partial charge in [-0.05, 0) is 36.6 Å². The van der Waals surface area contributed by atoms with E-state index in [9.17, 15) is 28.0 Å². The molecular weight excluding hydrogens is 512 g/mol. The number of hydrogen-bond acceptors (Lipinski definition) is 6. The van der Waals surface area contributed by atoms with Crippen LogP contribution in [0.25, 0.3) is 0 Å². The molecule has 3 fully saturated rings. The van der Waals surface area contributed by atoms with Crippen molar-refractivity contribution >= 4 is 35.3 Å². The summed E-state index contributed by atoms with van der Waals surface area (Å²) in [6, 6.07) is 9.76. The van der Waals surface area contributed by atoms with Gasteiger partial charge in [0.2, 0.25) is 11.8 Å². The van der Waals surface area contributed by atoms with Crippen molar-refractivity contribution in [3.05, 3.63) is 59.2 Å². The molecule has 204 valence electrons. The lowest BCUT2D eigenvalue weighted by Gasteiger charge is -2.43. The number of nitrogens with zero attached hydrogens (tertiary/aromatic N) is 3. The van der Waals surface area contributed by atoms with Crippen molar-refractivity contribution in [2.45, 2.75) is 37.3 Å². The SMILES string of the molecule is O=C1CCC(c2c(F)cc(N3CC(NC(=O)OC4CN(C(=O)N5CCc6ccccc65)C4)C3)cc2F)C(=O)N1. The van der Waals surface area contributed by atoms with Gasteiger partial charge in [-0.25, -0.2) is 18.4 Å². The minimum absolute atomic E-state index is 0.0226. The van der Waals surface area contributed by atoms with Crippen LogP contribution in [-0.2, 0) is 20.7 Å². The number of ether oxygens (including phenoxy) is 1. The third kappa shape index (κ3) is 4.75. The number of rotatable bonds is 4. The van der Waals surface area contributed by atoms with Crippen LogP contribution < -0.4 is 20.4 Å². The van der Waals surface area contributed by atoms with Crippen molar-refractivity contribution < 1.29 is 32.7 Å². The number of carbonyl (C=O) groups excluding carboxylic acids is 4. The van der Waals surface area contributed by atoms with Gasteiger partial charge >= 0.3 is 12.1 Å². The molecule has 4 aliphatic heterocycles. The third-order valence-electron chi connectivity index (χ3n) is 7.73. The van der Waals surface area contributed by atoms with Crippen molar-refractivity contribution in [2.75, 3.05) is 42.5 Å². The second kappa shape index (κ2) is 9.83. The summed E-state index contributed by atoms with van der Waals surface area (Å²) >= 11 is 0. The number of hydrogen-bond donors (Lipinski definition) is 2. The Labute approximate surface area is 222 Å². The number of alkyl carbamates (subject to hydrolysis) is 1. The summed E-state index contributed by atoms with van der Waals surface area (Å²) < 4.78 is 35.0. The average Bonchev–Trinajstić information content (AvgIpc) is 3.28. The number of benzene rings is 2. The minimum atomic E-state index is -1.05. The number of anilines is 2. The van der Waals surface area contributed by atoms with Crippen molar-refractivity contribution in [3.63, 3.8) is 0 Å². The Hall–Kier alpha value is -4.22. The van der Waals surface area contributed by atoms with E-state index in [1.807, 2.05) is 24.3 Å². The summed E-state index contributed by atoms with van der Waals surface area (Å²) in [6.45, 7) is 1.93. The topological polar surface area (TPSA) is 111 Å². The Kier molecular flexibility index (Phi) is 6.32. The lowest BCUT2D eigenvalue weighted by atomic mass is 9.89. The number of para-hydroxylation sites is 1. The summed E-state index contributed by atoms with van der Waals surface area (Å²) in [5.41, 5.74) is 2.02. The maximum atomic E-state index is 14.8. The molecule has 6 rings (SSSR count). The van der Waals surface area contributed by atoms with E-state index in [0.29, 0.717) is 38.4 Å². The van der Waals surface area contributed by atoms with E-state index in [4.69, 9.17) is 4.74 Å². The van der Waals surface area contributed by atoms with Gasteiger partial charge in [0.25, 0.3) is 0 Å². The summed E-state index contributed by atoms with van der Waals surface area (Å²) in [5, 5.41) is 4.86. The van der Waals surface area contributed by atoms with Gasteiger partial charge in [0.15, 0.2) is 0 Å². The molecule has 1 unspecified atom stereocenters. The van der Waals surface area contributed by atoms with Crippen LogP contribution in [0.15, 0.2) is 36.4 Å². The molecule has 0 bridgehead atoms. The van der Waals surface area contributed by atoms with Gasteiger partial charge in [0.05, 0.1) is 25.0 Å². The number of urea groups is 1. The Balaban J connectivity index is 0.958. The molecule has 2 N–H and O–H groups in total. The summed E-state index contributed by atoms with van der Waals surface area (Å²) in [6.07, 6.45) is -0.108. The number of piperidine rings is 1. The highest BCUT2D eigenvalue weighted by Gasteiger charge is 2.39. The van der Waals surface area contributed by atoms with Crippen molar-refractivity contribution in [3.8, 4) is 0 Å². The van der Waals surface area contributed by atoms with Crippen LogP contribution in [0.4, 0.5) is 29.7 Å². The fourth-order valence-corrected chi connectivity index (χ4v) is 5.56. The zero-order valence-corrected chi connectivity index (χ0v) is 21.0. The fraction of sp³-hybridized carbons (Fsp3) is 0.407. The van der Waals surface area contributed by atoms with E-state index in [1.54, 1.807) is 14.7 Å². The van der Waals surface area contributed by atoms with Crippen molar-refractivity contribution in [1.29, 1.82) is 0 Å². The van der Waals surface area contributed by atoms with Crippen LogP contribution in [0.3, 0.4) is 0 Å². The monoisotopic (exact) mass is 539 g/mol. The maximum Gasteiger partial charge on any atom is 0.407 e. The smallest absolute Gasteiger partial charge is 0.407 e. The van der Waals surface area contributed by atoms with Crippen LogP contribution in [0, 0.1) is 11.6 Å². The second-order valence-electron chi connectivity index (χ2n) is 10.3. The lowest BCUT2D eigenvalue weighted by Crippen LogP contribution is -2.62. The Bertz CT molecular complexity index is 1330. The van der Waals surface area contributed by atoms with E-state index < -0.39 is 41.6 Å². The Morgan fingerprint density at radius 3 is 2.44 bits per heavy atom. The normalized spacial score (nSPS) is 21.2. The van der Waals surface area contributed by atoms with Crippen LogP contribution in [0.5, 0.6) is 0 Å². The number of carbonyl (C=O) groups is 4. The predicted octanol–water partition coefficient (Wildman–Crippen LogP) is 2.27. The molecule has 4 heterocycles. The summed E-state index contributed by atoms with van der Waals surface area (Å²) in [4.78, 5) is 53.6. The van der Waals surface area contributed by atoms with Gasteiger partial charge < -0.3 is 19.9 Å². The molecule has 3 saturated heterocycles. The summed E-state index contributed by atoms with van der Waals surface area (Å²) in [5.74, 6) is -3.92. The number of nitrogens with one attached hydrogen (secondary N) is 2. The quantitative estimate of drug-likeness (QED) is 0.577. The molecule has 4 aliphatic rings. The standard InChI is InChI=1S/C27H27F2N5O5/c28-20-9-17(10-21(29)24(20)19-5-6-23(35)31-25(19)36)32-11-16(12-32)30-26(37)39-18-13-33(14-18)27(38)34-8-7-15-3-1-2-4-22(15)34/h1-4,9-10,16,18-19H,5-8,11-14H2,(H,30,37)(H,31,35,36). The zero-order chi connectivity index (χ0) is 27.3. The van der Waals surface area contributed by atoms with E-state index >= 15 is 0 Å². The molecule has 0 aromatic heterocycles. The zero-order valence-electron chi connectivity index (χ0n) is 21.0. The van der Waals surface area contributed by atoms with Crippen molar-refractivity contribution in [1.82, 2.24) is 15.5 Å². The van der Waals surface area contributed by atoms with E-state index in [1.165, 1.54) is 0 Å². The van der Waals surface area contributed by atoms with Crippen LogP contribution >= 0.6 is 0 Å². The molecule has 39 heavy (non-hydrogen) atoms. The largest absolute Gasteiger partial charge is 0.442 e. The number of halogens is 2. The Morgan fingerprint density at radius 2 is 1.72 bits per heavy atom. The Morgan fingerprint density at radius 1 is 1.00 bits per heavy atom. The molecule has 5 amide bonds. The van der Waals surface area contributed by atoms with Crippen LogP contribution in [0.2, 0.25) is 0 Å². The molecule has 0 saturated carbocycles. The van der Waals surface area contributed by atoms with Gasteiger partial charge in [0.1, 0.15) is 17.7 Å². The van der Waals surface area contributed by atoms with E-state index in [2.05, 4.69) is 10.6 Å². The fourth-order valence-electron chi connectivity index (χ4n) is 5.56. The molecule has 2 aromatic carbocycles. The maximum absolute atomic E-state index is 14.8. The van der Waals surface area contributed by atoms with E-state index in [-0.39, 0.29) is 30.5 Å². The van der Waals surface area contributed by atoms with Crippen LogP contribution in [-0.4, -0.2) is 73.7 Å². The highest BCUT2D eigenvalue weighted by atomic mass is 19.1. The summed E-state index contributed by atoms with van der Waals surface area (Å²) in [7, 11) is 0. The predicted molar refractivity (Wildman–Crippen MR) is 135 cm³/mol. The minimum Gasteiger partial charge on any atom is -0.442 e. The van der Waals surface area contributed by atoms with Gasteiger partial charge in [-0.15, -0.1) is 0 Å². The molecular formula is C27H27F2N5O5. The van der Waals surface area contributed by atoms with Gasteiger partial charge in [-0.3, -0.25) is 19.8 Å². The third-order valence-corrected chi connectivity index (χ3v) is 7.73. The first-order valence-corrected chi connectivity index (χ1v) is 13.0. The number of fused-ring (bicyclic) bond motifs is 1. The molecule has 10 nitrogen and oxygen atoms in total. The molecule has 1 atom stereocenters. The van der Waals surface area contributed by atoms with Gasteiger partial charge in [0, 0.05) is 43.0 Å². The lowest BCUT2D eigenvalue weighted by molar-refractivity contribution is -0.134. The first kappa shape index (κ1) is 25.1.